The van der Waals surface area contributed by atoms with Crippen molar-refractivity contribution in [2.45, 2.75) is 13.5 Å². The van der Waals surface area contributed by atoms with Crippen molar-refractivity contribution in [3.63, 3.8) is 0 Å². The minimum absolute atomic E-state index is 0.0735. The molecule has 0 saturated heterocycles. The molecule has 0 aliphatic heterocycles. The molecule has 0 amide bonds. The smallest absolute Gasteiger partial charge is 0.337 e. The van der Waals surface area contributed by atoms with Crippen LogP contribution in [0, 0.1) is 6.92 Å². The first-order valence-electron chi connectivity index (χ1n) is 6.96. The summed E-state index contributed by atoms with van der Waals surface area (Å²) in [5.41, 5.74) is 1.62. The molecule has 116 valence electrons. The van der Waals surface area contributed by atoms with Crippen molar-refractivity contribution in [1.29, 1.82) is 0 Å². The number of oxazole rings is 1. The molecular formula is C17H14N2O4. The van der Waals surface area contributed by atoms with E-state index < -0.39 is 5.97 Å². The Labute approximate surface area is 132 Å². The van der Waals surface area contributed by atoms with Gasteiger partial charge >= 0.3 is 5.97 Å². The van der Waals surface area contributed by atoms with Crippen molar-refractivity contribution in [3.8, 4) is 17.2 Å². The van der Waals surface area contributed by atoms with E-state index in [9.17, 15) is 4.79 Å². The lowest BCUT2D eigenvalue weighted by molar-refractivity contribution is 0.0696. The number of carbonyl (C=O) groups is 1. The zero-order valence-corrected chi connectivity index (χ0v) is 12.4. The highest BCUT2D eigenvalue weighted by molar-refractivity contribution is 5.87. The van der Waals surface area contributed by atoms with Gasteiger partial charge in [0.25, 0.3) is 0 Å². The van der Waals surface area contributed by atoms with E-state index in [1.165, 1.54) is 18.5 Å². The monoisotopic (exact) mass is 310 g/mol. The second-order valence-corrected chi connectivity index (χ2v) is 4.89. The number of pyridine rings is 1. The molecule has 0 radical (unpaired) electrons. The summed E-state index contributed by atoms with van der Waals surface area (Å²) in [5.74, 6) is 0.505. The first-order valence-corrected chi connectivity index (χ1v) is 6.96. The van der Waals surface area contributed by atoms with Gasteiger partial charge in [0.1, 0.15) is 23.8 Å². The van der Waals surface area contributed by atoms with E-state index in [1.807, 2.05) is 37.3 Å². The Kier molecular flexibility index (Phi) is 4.05. The van der Waals surface area contributed by atoms with E-state index in [2.05, 4.69) is 9.97 Å². The van der Waals surface area contributed by atoms with E-state index in [0.29, 0.717) is 23.1 Å². The standard InChI is InChI=1S/C17H14N2O4/c1-11-15(19-16(23-11)12-5-3-2-4-6-12)10-22-14-7-13(17(20)21)8-18-9-14/h2-9H,10H2,1H3,(H,20,21). The highest BCUT2D eigenvalue weighted by Crippen LogP contribution is 2.22. The average Bonchev–Trinajstić information content (AvgIpc) is 2.95. The van der Waals surface area contributed by atoms with Crippen LogP contribution in [-0.4, -0.2) is 21.0 Å². The molecule has 1 aromatic carbocycles. The minimum atomic E-state index is -1.05. The number of aromatic nitrogens is 2. The van der Waals surface area contributed by atoms with E-state index in [0.717, 1.165) is 5.56 Å². The van der Waals surface area contributed by atoms with E-state index in [1.54, 1.807) is 0 Å². The first-order chi connectivity index (χ1) is 11.1. The Morgan fingerprint density at radius 2 is 2.04 bits per heavy atom. The van der Waals surface area contributed by atoms with Gasteiger partial charge in [-0.05, 0) is 25.1 Å². The number of aromatic carboxylic acids is 1. The molecule has 1 N–H and O–H groups in total. The Hall–Kier alpha value is -3.15. The van der Waals surface area contributed by atoms with Crippen LogP contribution in [0.25, 0.3) is 11.5 Å². The van der Waals surface area contributed by atoms with Crippen LogP contribution in [0.1, 0.15) is 21.8 Å². The Morgan fingerprint density at radius 3 is 2.78 bits per heavy atom. The summed E-state index contributed by atoms with van der Waals surface area (Å²) in [7, 11) is 0. The van der Waals surface area contributed by atoms with Gasteiger partial charge in [-0.15, -0.1) is 0 Å². The lowest BCUT2D eigenvalue weighted by Crippen LogP contribution is -2.01. The van der Waals surface area contributed by atoms with Crippen molar-refractivity contribution < 1.29 is 19.1 Å². The van der Waals surface area contributed by atoms with Gasteiger partial charge in [-0.3, -0.25) is 4.98 Å². The molecule has 0 aliphatic rings. The van der Waals surface area contributed by atoms with Crippen LogP contribution in [0.15, 0.2) is 53.2 Å². The fourth-order valence-electron chi connectivity index (χ4n) is 2.03. The van der Waals surface area contributed by atoms with Crippen LogP contribution < -0.4 is 4.74 Å². The molecular weight excluding hydrogens is 296 g/mol. The van der Waals surface area contributed by atoms with Crippen LogP contribution in [0.4, 0.5) is 0 Å². The van der Waals surface area contributed by atoms with Gasteiger partial charge < -0.3 is 14.3 Å². The Balaban J connectivity index is 1.75. The molecule has 0 aliphatic carbocycles. The summed E-state index contributed by atoms with van der Waals surface area (Å²) < 4.78 is 11.2. The van der Waals surface area contributed by atoms with Crippen molar-refractivity contribution in [2.75, 3.05) is 0 Å². The number of ether oxygens (including phenoxy) is 1. The maximum absolute atomic E-state index is 10.9. The fourth-order valence-corrected chi connectivity index (χ4v) is 2.03. The van der Waals surface area contributed by atoms with Gasteiger partial charge in [0, 0.05) is 11.8 Å². The van der Waals surface area contributed by atoms with Gasteiger partial charge in [-0.1, -0.05) is 18.2 Å². The Bertz CT molecular complexity index is 828. The largest absolute Gasteiger partial charge is 0.486 e. The summed E-state index contributed by atoms with van der Waals surface area (Å²) in [6.07, 6.45) is 2.73. The summed E-state index contributed by atoms with van der Waals surface area (Å²) in [4.78, 5) is 19.2. The molecule has 6 heteroatoms. The summed E-state index contributed by atoms with van der Waals surface area (Å²) >= 11 is 0. The molecule has 0 fully saturated rings. The molecule has 2 aromatic heterocycles. The molecule has 0 spiro atoms. The molecule has 0 atom stereocenters. The molecule has 23 heavy (non-hydrogen) atoms. The maximum atomic E-state index is 10.9. The SMILES string of the molecule is Cc1oc(-c2ccccc2)nc1COc1cncc(C(=O)O)c1. The molecule has 3 rings (SSSR count). The van der Waals surface area contributed by atoms with Crippen molar-refractivity contribution in [1.82, 2.24) is 9.97 Å². The number of benzene rings is 1. The highest BCUT2D eigenvalue weighted by Gasteiger charge is 2.12. The Morgan fingerprint density at radius 1 is 1.26 bits per heavy atom. The lowest BCUT2D eigenvalue weighted by atomic mass is 10.2. The van der Waals surface area contributed by atoms with Crippen LogP contribution >= 0.6 is 0 Å². The second kappa shape index (κ2) is 6.31. The third-order valence-electron chi connectivity index (χ3n) is 3.25. The summed E-state index contributed by atoms with van der Waals surface area (Å²) in [6.45, 7) is 1.98. The van der Waals surface area contributed by atoms with Gasteiger partial charge in [0.2, 0.25) is 5.89 Å². The number of nitrogens with zero attached hydrogens (tertiary/aromatic N) is 2. The summed E-state index contributed by atoms with van der Waals surface area (Å²) in [6, 6.07) is 11.0. The van der Waals surface area contributed by atoms with Gasteiger partial charge in [0.15, 0.2) is 0 Å². The van der Waals surface area contributed by atoms with Gasteiger partial charge in [-0.25, -0.2) is 9.78 Å². The third-order valence-corrected chi connectivity index (χ3v) is 3.25. The summed E-state index contributed by atoms with van der Waals surface area (Å²) in [5, 5.41) is 8.95. The van der Waals surface area contributed by atoms with Crippen LogP contribution in [0.3, 0.4) is 0 Å². The number of carboxylic acid groups (broad SMARTS) is 1. The number of aryl methyl sites for hydroxylation is 1. The van der Waals surface area contributed by atoms with E-state index in [-0.39, 0.29) is 12.2 Å². The van der Waals surface area contributed by atoms with Crippen LogP contribution in [0.5, 0.6) is 5.75 Å². The predicted molar refractivity (Wildman–Crippen MR) is 82.2 cm³/mol. The number of rotatable bonds is 5. The quantitative estimate of drug-likeness (QED) is 0.778. The van der Waals surface area contributed by atoms with Crippen molar-refractivity contribution in [3.05, 3.63) is 65.8 Å². The molecule has 6 nitrogen and oxygen atoms in total. The number of hydrogen-bond donors (Lipinski definition) is 1. The topological polar surface area (TPSA) is 85.5 Å². The molecule has 0 unspecified atom stereocenters. The zero-order chi connectivity index (χ0) is 16.2. The minimum Gasteiger partial charge on any atom is -0.486 e. The van der Waals surface area contributed by atoms with Crippen molar-refractivity contribution >= 4 is 5.97 Å². The fraction of sp³-hybridized carbons (Fsp3) is 0.118. The first kappa shape index (κ1) is 14.8. The molecule has 3 aromatic rings. The van der Waals surface area contributed by atoms with Crippen LogP contribution in [0.2, 0.25) is 0 Å². The second-order valence-electron chi connectivity index (χ2n) is 4.89. The maximum Gasteiger partial charge on any atom is 0.337 e. The van der Waals surface area contributed by atoms with E-state index in [4.69, 9.17) is 14.3 Å². The number of carboxylic acids is 1. The lowest BCUT2D eigenvalue weighted by Gasteiger charge is -2.04. The number of hydrogen-bond acceptors (Lipinski definition) is 5. The van der Waals surface area contributed by atoms with Crippen LogP contribution in [-0.2, 0) is 6.61 Å². The predicted octanol–water partition coefficient (Wildman–Crippen LogP) is 3.32. The normalized spacial score (nSPS) is 10.5. The van der Waals surface area contributed by atoms with Crippen molar-refractivity contribution in [2.24, 2.45) is 0 Å². The van der Waals surface area contributed by atoms with E-state index >= 15 is 0 Å². The average molecular weight is 310 g/mol. The van der Waals surface area contributed by atoms with Gasteiger partial charge in [0.05, 0.1) is 11.8 Å². The highest BCUT2D eigenvalue weighted by atomic mass is 16.5. The molecule has 0 bridgehead atoms. The molecule has 0 saturated carbocycles. The third kappa shape index (κ3) is 3.37. The molecule has 2 heterocycles. The zero-order valence-electron chi connectivity index (χ0n) is 12.4. The van der Waals surface area contributed by atoms with Gasteiger partial charge in [-0.2, -0.15) is 0 Å².